The number of piperidine rings is 1. The number of carbonyl (C=O) groups excluding carboxylic acids is 1. The molecule has 0 aliphatic carbocycles. The Morgan fingerprint density at radius 2 is 1.79 bits per heavy atom. The van der Waals surface area contributed by atoms with Crippen molar-refractivity contribution in [2.45, 2.75) is 19.3 Å². The molecule has 1 saturated heterocycles. The van der Waals surface area contributed by atoms with Gasteiger partial charge in [-0.3, -0.25) is 14.6 Å². The van der Waals surface area contributed by atoms with Crippen molar-refractivity contribution in [3.05, 3.63) is 53.6 Å². The fraction of sp³-hybridized carbons (Fsp3) is 0.348. The summed E-state index contributed by atoms with van der Waals surface area (Å²) in [5.41, 5.74) is 3.47. The molecule has 1 fully saturated rings. The van der Waals surface area contributed by atoms with Gasteiger partial charge < -0.3 is 9.47 Å². The quantitative estimate of drug-likeness (QED) is 0.737. The normalized spacial score (nSPS) is 18.4. The second-order valence-corrected chi connectivity index (χ2v) is 7.24. The summed E-state index contributed by atoms with van der Waals surface area (Å²) in [6, 6.07) is 13.6. The molecule has 2 heterocycles. The van der Waals surface area contributed by atoms with Crippen LogP contribution in [0.25, 0.3) is 11.6 Å². The van der Waals surface area contributed by atoms with E-state index in [1.54, 1.807) is 14.2 Å². The van der Waals surface area contributed by atoms with Gasteiger partial charge in [-0.05, 0) is 56.3 Å². The number of carbonyl (C=O) groups is 1. The summed E-state index contributed by atoms with van der Waals surface area (Å²) >= 11 is 0. The molecule has 2 aliphatic heterocycles. The molecule has 146 valence electrons. The number of benzene rings is 2. The van der Waals surface area contributed by atoms with E-state index in [0.29, 0.717) is 18.0 Å². The second kappa shape index (κ2) is 8.07. The molecule has 0 spiro atoms. The number of para-hydroxylation sites is 1. The predicted molar refractivity (Wildman–Crippen MR) is 112 cm³/mol. The van der Waals surface area contributed by atoms with Crippen molar-refractivity contribution in [2.75, 3.05) is 38.9 Å². The van der Waals surface area contributed by atoms with Crippen LogP contribution >= 0.6 is 0 Å². The minimum absolute atomic E-state index is 0.0386. The third-order valence-electron chi connectivity index (χ3n) is 5.49. The highest BCUT2D eigenvalue weighted by molar-refractivity contribution is 6.35. The van der Waals surface area contributed by atoms with Gasteiger partial charge in [0.25, 0.3) is 5.91 Å². The van der Waals surface area contributed by atoms with Crippen molar-refractivity contribution in [3.63, 3.8) is 0 Å². The molecule has 0 saturated carbocycles. The van der Waals surface area contributed by atoms with E-state index in [4.69, 9.17) is 9.47 Å². The zero-order chi connectivity index (χ0) is 19.5. The van der Waals surface area contributed by atoms with Crippen molar-refractivity contribution in [3.8, 4) is 11.5 Å². The van der Waals surface area contributed by atoms with Gasteiger partial charge in [0.05, 0.1) is 26.6 Å². The smallest absolute Gasteiger partial charge is 0.260 e. The Balaban J connectivity index is 1.72. The van der Waals surface area contributed by atoms with E-state index in [1.807, 2.05) is 53.4 Å². The van der Waals surface area contributed by atoms with Gasteiger partial charge in [0.2, 0.25) is 0 Å². The van der Waals surface area contributed by atoms with E-state index in [9.17, 15) is 4.79 Å². The van der Waals surface area contributed by atoms with E-state index in [1.165, 1.54) is 19.3 Å². The number of fused-ring (bicyclic) bond motifs is 1. The third-order valence-corrected chi connectivity index (χ3v) is 5.49. The minimum Gasteiger partial charge on any atom is -0.497 e. The molecule has 0 bridgehead atoms. The van der Waals surface area contributed by atoms with Crippen LogP contribution in [-0.2, 0) is 4.79 Å². The van der Waals surface area contributed by atoms with Gasteiger partial charge in [-0.25, -0.2) is 0 Å². The molecule has 1 amide bonds. The molecule has 2 aromatic rings. The fourth-order valence-corrected chi connectivity index (χ4v) is 4.00. The molecule has 0 atom stereocenters. The van der Waals surface area contributed by atoms with Crippen LogP contribution in [0.4, 0.5) is 5.69 Å². The molecule has 5 nitrogen and oxygen atoms in total. The van der Waals surface area contributed by atoms with E-state index in [0.717, 1.165) is 35.7 Å². The summed E-state index contributed by atoms with van der Waals surface area (Å²) in [4.78, 5) is 17.6. The number of hydrogen-bond acceptors (Lipinski definition) is 4. The van der Waals surface area contributed by atoms with Crippen LogP contribution in [0, 0.1) is 0 Å². The van der Waals surface area contributed by atoms with Crippen LogP contribution in [-0.4, -0.2) is 44.8 Å². The Kier molecular flexibility index (Phi) is 5.35. The summed E-state index contributed by atoms with van der Waals surface area (Å²) in [5, 5.41) is 0. The van der Waals surface area contributed by atoms with Crippen LogP contribution in [0.1, 0.15) is 30.4 Å². The lowest BCUT2D eigenvalue weighted by molar-refractivity contribution is -0.113. The Morgan fingerprint density at radius 3 is 2.54 bits per heavy atom. The van der Waals surface area contributed by atoms with E-state index < -0.39 is 0 Å². The minimum atomic E-state index is 0.0386. The zero-order valence-electron chi connectivity index (χ0n) is 16.5. The number of nitrogens with zero attached hydrogens (tertiary/aromatic N) is 2. The van der Waals surface area contributed by atoms with Crippen LogP contribution in [0.15, 0.2) is 42.5 Å². The van der Waals surface area contributed by atoms with E-state index in [2.05, 4.69) is 4.90 Å². The molecule has 0 N–H and O–H groups in total. The van der Waals surface area contributed by atoms with Crippen molar-refractivity contribution in [2.24, 2.45) is 0 Å². The van der Waals surface area contributed by atoms with Gasteiger partial charge in [0.15, 0.2) is 0 Å². The summed E-state index contributed by atoms with van der Waals surface area (Å²) in [5.74, 6) is 1.49. The molecular weight excluding hydrogens is 352 g/mol. The predicted octanol–water partition coefficient (Wildman–Crippen LogP) is 4.03. The van der Waals surface area contributed by atoms with Crippen molar-refractivity contribution < 1.29 is 14.3 Å². The Hall–Kier alpha value is -2.79. The van der Waals surface area contributed by atoms with Gasteiger partial charge in [-0.15, -0.1) is 0 Å². The second-order valence-electron chi connectivity index (χ2n) is 7.24. The molecule has 0 unspecified atom stereocenters. The molecule has 0 radical (unpaired) electrons. The molecule has 2 aromatic carbocycles. The monoisotopic (exact) mass is 378 g/mol. The number of anilines is 1. The highest BCUT2D eigenvalue weighted by Gasteiger charge is 2.33. The summed E-state index contributed by atoms with van der Waals surface area (Å²) < 4.78 is 10.8. The zero-order valence-corrected chi connectivity index (χ0v) is 16.5. The first-order valence-electron chi connectivity index (χ1n) is 9.78. The van der Waals surface area contributed by atoms with Gasteiger partial charge >= 0.3 is 0 Å². The summed E-state index contributed by atoms with van der Waals surface area (Å²) in [6.45, 7) is 2.74. The average Bonchev–Trinajstić information content (AvgIpc) is 3.00. The number of amides is 1. The third kappa shape index (κ3) is 3.50. The van der Waals surface area contributed by atoms with E-state index >= 15 is 0 Å². The lowest BCUT2D eigenvalue weighted by Gasteiger charge is -2.30. The molecule has 2 aliphatic rings. The van der Waals surface area contributed by atoms with E-state index in [-0.39, 0.29) is 5.91 Å². The maximum atomic E-state index is 13.4. The summed E-state index contributed by atoms with van der Waals surface area (Å²) in [6.07, 6.45) is 5.60. The SMILES string of the molecule is COc1ccc(OC)c(/C=C2/C(=O)N(CN3CCCCC3)c3ccccc32)c1. The average molecular weight is 378 g/mol. The molecular formula is C23H26N2O3. The first-order chi connectivity index (χ1) is 13.7. The lowest BCUT2D eigenvalue weighted by Crippen LogP contribution is -2.42. The first kappa shape index (κ1) is 18.6. The highest BCUT2D eigenvalue weighted by atomic mass is 16.5. The molecule has 0 aromatic heterocycles. The van der Waals surface area contributed by atoms with Gasteiger partial charge in [0, 0.05) is 16.7 Å². The summed E-state index contributed by atoms with van der Waals surface area (Å²) in [7, 11) is 3.27. The number of likely N-dealkylation sites (tertiary alicyclic amines) is 1. The van der Waals surface area contributed by atoms with Gasteiger partial charge in [-0.2, -0.15) is 0 Å². The Labute approximate surface area is 166 Å². The number of hydrogen-bond donors (Lipinski definition) is 0. The van der Waals surface area contributed by atoms with Crippen LogP contribution in [0.2, 0.25) is 0 Å². The first-order valence-corrected chi connectivity index (χ1v) is 9.78. The number of rotatable bonds is 5. The largest absolute Gasteiger partial charge is 0.497 e. The van der Waals surface area contributed by atoms with Crippen molar-refractivity contribution in [1.29, 1.82) is 0 Å². The Morgan fingerprint density at radius 1 is 1.00 bits per heavy atom. The lowest BCUT2D eigenvalue weighted by atomic mass is 10.0. The number of ether oxygens (including phenoxy) is 2. The van der Waals surface area contributed by atoms with Crippen LogP contribution in [0.3, 0.4) is 0 Å². The molecule has 5 heteroatoms. The molecule has 28 heavy (non-hydrogen) atoms. The maximum absolute atomic E-state index is 13.4. The fourth-order valence-electron chi connectivity index (χ4n) is 4.00. The van der Waals surface area contributed by atoms with Crippen LogP contribution in [0.5, 0.6) is 11.5 Å². The Bertz CT molecular complexity index is 900. The standard InChI is InChI=1S/C23H26N2O3/c1-27-18-10-11-22(28-2)17(14-18)15-20-19-8-4-5-9-21(19)25(23(20)26)16-24-12-6-3-7-13-24/h4-5,8-11,14-15H,3,6-7,12-13,16H2,1-2H3/b20-15+. The van der Waals surface area contributed by atoms with Gasteiger partial charge in [0.1, 0.15) is 11.5 Å². The van der Waals surface area contributed by atoms with Gasteiger partial charge in [-0.1, -0.05) is 24.6 Å². The number of methoxy groups -OCH3 is 2. The molecule has 4 rings (SSSR count). The van der Waals surface area contributed by atoms with Crippen LogP contribution < -0.4 is 14.4 Å². The van der Waals surface area contributed by atoms with Crippen molar-refractivity contribution in [1.82, 2.24) is 4.90 Å². The topological polar surface area (TPSA) is 42.0 Å². The van der Waals surface area contributed by atoms with Crippen molar-refractivity contribution >= 4 is 23.2 Å². The maximum Gasteiger partial charge on any atom is 0.260 e. The highest BCUT2D eigenvalue weighted by Crippen LogP contribution is 2.39.